The van der Waals surface area contributed by atoms with E-state index in [1.54, 1.807) is 30.3 Å². The van der Waals surface area contributed by atoms with Gasteiger partial charge in [-0.1, -0.05) is 26.8 Å². The van der Waals surface area contributed by atoms with Gasteiger partial charge in [0.2, 0.25) is 0 Å². The molecule has 0 bridgehead atoms. The molecule has 4 N–H and O–H groups in total. The minimum atomic E-state index is -0.743. The summed E-state index contributed by atoms with van der Waals surface area (Å²) in [6, 6.07) is 16.6. The quantitative estimate of drug-likeness (QED) is 0.326. The van der Waals surface area contributed by atoms with Crippen LogP contribution in [0, 0.1) is 17.1 Å². The number of amides is 3. The highest BCUT2D eigenvalue weighted by molar-refractivity contribution is 5.99. The monoisotopic (exact) mass is 513 g/mol. The summed E-state index contributed by atoms with van der Waals surface area (Å²) >= 11 is 0. The lowest BCUT2D eigenvalue weighted by Crippen LogP contribution is -2.22. The molecular formula is C27H24FN7O3. The number of nitrogens with two attached hydrogens (primary N) is 1. The molecule has 2 heterocycles. The number of urea groups is 1. The van der Waals surface area contributed by atoms with E-state index in [0.29, 0.717) is 22.8 Å². The van der Waals surface area contributed by atoms with Crippen LogP contribution in [-0.4, -0.2) is 26.7 Å². The third kappa shape index (κ3) is 5.93. The van der Waals surface area contributed by atoms with Gasteiger partial charge in [-0.2, -0.15) is 10.4 Å². The van der Waals surface area contributed by atoms with E-state index in [-0.39, 0.29) is 28.3 Å². The number of rotatable bonds is 6. The molecule has 10 nitrogen and oxygen atoms in total. The van der Waals surface area contributed by atoms with Crippen LogP contribution in [0.15, 0.2) is 66.9 Å². The van der Waals surface area contributed by atoms with Crippen LogP contribution in [0.4, 0.5) is 20.7 Å². The molecule has 38 heavy (non-hydrogen) atoms. The highest BCUT2D eigenvalue weighted by Crippen LogP contribution is 2.28. The summed E-state index contributed by atoms with van der Waals surface area (Å²) in [5.41, 5.74) is 6.54. The number of hydrogen-bond acceptors (Lipinski definition) is 6. The summed E-state index contributed by atoms with van der Waals surface area (Å²) in [5.74, 6) is -0.741. The average molecular weight is 514 g/mol. The van der Waals surface area contributed by atoms with Crippen LogP contribution in [0.3, 0.4) is 0 Å². The SMILES string of the molecule is CC(C)(C)c1cc(NC(=O)Nc2ccc(Oc3ccnc(C(N)=O)c3)cc2F)n(-c2cccc(C#N)c2)n1. The summed E-state index contributed by atoms with van der Waals surface area (Å²) in [7, 11) is 0. The molecule has 0 aliphatic rings. The summed E-state index contributed by atoms with van der Waals surface area (Å²) < 4.78 is 21.9. The zero-order valence-corrected chi connectivity index (χ0v) is 20.8. The summed E-state index contributed by atoms with van der Waals surface area (Å²) in [5, 5.41) is 19.1. The lowest BCUT2D eigenvalue weighted by molar-refractivity contribution is 0.0995. The highest BCUT2D eigenvalue weighted by Gasteiger charge is 2.22. The molecule has 4 rings (SSSR count). The van der Waals surface area contributed by atoms with Gasteiger partial charge >= 0.3 is 6.03 Å². The number of primary amides is 1. The predicted octanol–water partition coefficient (Wildman–Crippen LogP) is 5.11. The lowest BCUT2D eigenvalue weighted by atomic mass is 9.92. The number of hydrogen-bond donors (Lipinski definition) is 3. The minimum absolute atomic E-state index is 0.00568. The number of nitriles is 1. The number of carbonyl (C=O) groups is 2. The summed E-state index contributed by atoms with van der Waals surface area (Å²) in [6.07, 6.45) is 1.35. The fraction of sp³-hybridized carbons (Fsp3) is 0.148. The molecule has 3 amide bonds. The number of pyridine rings is 1. The van der Waals surface area contributed by atoms with Gasteiger partial charge in [-0.15, -0.1) is 0 Å². The first-order valence-corrected chi connectivity index (χ1v) is 11.5. The van der Waals surface area contributed by atoms with Gasteiger partial charge < -0.3 is 15.8 Å². The Morgan fingerprint density at radius 3 is 2.50 bits per heavy atom. The van der Waals surface area contributed by atoms with E-state index in [9.17, 15) is 19.2 Å². The van der Waals surface area contributed by atoms with Crippen molar-refractivity contribution >= 4 is 23.4 Å². The molecule has 0 unspecified atom stereocenters. The third-order valence-electron chi connectivity index (χ3n) is 5.35. The first-order chi connectivity index (χ1) is 18.0. The zero-order valence-electron chi connectivity index (χ0n) is 20.8. The van der Waals surface area contributed by atoms with Gasteiger partial charge in [-0.25, -0.2) is 13.9 Å². The average Bonchev–Trinajstić information content (AvgIpc) is 3.30. The molecule has 2 aromatic heterocycles. The number of carbonyl (C=O) groups excluding carboxylic acids is 2. The maximum absolute atomic E-state index is 14.8. The molecule has 11 heteroatoms. The molecule has 192 valence electrons. The smallest absolute Gasteiger partial charge is 0.324 e. The second-order valence-electron chi connectivity index (χ2n) is 9.30. The predicted molar refractivity (Wildman–Crippen MR) is 139 cm³/mol. The maximum Gasteiger partial charge on any atom is 0.324 e. The van der Waals surface area contributed by atoms with Crippen molar-refractivity contribution in [3.05, 3.63) is 89.6 Å². The van der Waals surface area contributed by atoms with E-state index < -0.39 is 17.8 Å². The summed E-state index contributed by atoms with van der Waals surface area (Å²) in [4.78, 5) is 27.9. The van der Waals surface area contributed by atoms with Crippen molar-refractivity contribution in [1.29, 1.82) is 5.26 Å². The van der Waals surface area contributed by atoms with Gasteiger partial charge in [0.05, 0.1) is 28.7 Å². The van der Waals surface area contributed by atoms with Crippen LogP contribution in [-0.2, 0) is 5.41 Å². The van der Waals surface area contributed by atoms with E-state index in [1.807, 2.05) is 20.8 Å². The van der Waals surface area contributed by atoms with Crippen LogP contribution in [0.25, 0.3) is 5.69 Å². The van der Waals surface area contributed by atoms with Crippen molar-refractivity contribution in [2.24, 2.45) is 5.73 Å². The molecule has 0 saturated carbocycles. The molecular weight excluding hydrogens is 489 g/mol. The Hall–Kier alpha value is -5.24. The van der Waals surface area contributed by atoms with Crippen LogP contribution >= 0.6 is 0 Å². The normalized spacial score (nSPS) is 10.9. The van der Waals surface area contributed by atoms with Crippen LogP contribution in [0.2, 0.25) is 0 Å². The van der Waals surface area contributed by atoms with E-state index in [2.05, 4.69) is 26.8 Å². The van der Waals surface area contributed by atoms with Crippen LogP contribution in [0.1, 0.15) is 42.5 Å². The van der Waals surface area contributed by atoms with Gasteiger partial charge in [-0.05, 0) is 36.4 Å². The Bertz CT molecular complexity index is 1570. The van der Waals surface area contributed by atoms with Crippen LogP contribution < -0.4 is 21.1 Å². The Labute approximate surface area is 217 Å². The Morgan fingerprint density at radius 1 is 1.05 bits per heavy atom. The van der Waals surface area contributed by atoms with Crippen molar-refractivity contribution in [3.63, 3.8) is 0 Å². The van der Waals surface area contributed by atoms with Crippen molar-refractivity contribution < 1.29 is 18.7 Å². The molecule has 0 spiro atoms. The maximum atomic E-state index is 14.8. The van der Waals surface area contributed by atoms with Crippen LogP contribution in [0.5, 0.6) is 11.5 Å². The molecule has 0 aliphatic carbocycles. The van der Waals surface area contributed by atoms with E-state index in [0.717, 1.165) is 6.07 Å². The van der Waals surface area contributed by atoms with Crippen molar-refractivity contribution in [2.75, 3.05) is 10.6 Å². The topological polar surface area (TPSA) is 148 Å². The Balaban J connectivity index is 1.53. The second kappa shape index (κ2) is 10.4. The molecule has 0 fully saturated rings. The second-order valence-corrected chi connectivity index (χ2v) is 9.30. The van der Waals surface area contributed by atoms with Gasteiger partial charge in [0.15, 0.2) is 0 Å². The third-order valence-corrected chi connectivity index (χ3v) is 5.35. The number of nitrogens with one attached hydrogen (secondary N) is 2. The number of anilines is 2. The number of nitrogens with zero attached hydrogens (tertiary/aromatic N) is 4. The first-order valence-electron chi connectivity index (χ1n) is 11.5. The fourth-order valence-electron chi connectivity index (χ4n) is 3.42. The molecule has 2 aromatic carbocycles. The molecule has 0 saturated heterocycles. The van der Waals surface area contributed by atoms with Gasteiger partial charge in [0, 0.05) is 29.8 Å². The fourth-order valence-corrected chi connectivity index (χ4v) is 3.42. The number of aromatic nitrogens is 3. The highest BCUT2D eigenvalue weighted by atomic mass is 19.1. The first kappa shape index (κ1) is 25.8. The van der Waals surface area contributed by atoms with Gasteiger partial charge in [0.1, 0.15) is 28.8 Å². The summed E-state index contributed by atoms with van der Waals surface area (Å²) in [6.45, 7) is 5.94. The molecule has 0 atom stereocenters. The molecule has 0 aliphatic heterocycles. The number of ether oxygens (including phenoxy) is 1. The van der Waals surface area contributed by atoms with E-state index in [4.69, 9.17) is 10.5 Å². The molecule has 0 radical (unpaired) electrons. The van der Waals surface area contributed by atoms with Crippen molar-refractivity contribution in [1.82, 2.24) is 14.8 Å². The number of benzene rings is 2. The van der Waals surface area contributed by atoms with E-state index in [1.165, 1.54) is 35.1 Å². The number of halogens is 1. The largest absolute Gasteiger partial charge is 0.457 e. The molecule has 4 aromatic rings. The van der Waals surface area contributed by atoms with Gasteiger partial charge in [-0.3, -0.25) is 15.1 Å². The van der Waals surface area contributed by atoms with Crippen molar-refractivity contribution in [3.8, 4) is 23.3 Å². The lowest BCUT2D eigenvalue weighted by Gasteiger charge is -2.14. The van der Waals surface area contributed by atoms with E-state index >= 15 is 0 Å². The van der Waals surface area contributed by atoms with Crippen molar-refractivity contribution in [2.45, 2.75) is 26.2 Å². The standard InChI is InChI=1S/C27H24FN7O3/c1-27(2,3)23-14-24(35(34-23)17-6-4-5-16(11-17)15-29)33-26(37)32-21-8-7-18(12-20(21)28)38-19-9-10-31-22(13-19)25(30)36/h4-14H,1-3H3,(H2,30,36)(H2,32,33,37). The minimum Gasteiger partial charge on any atom is -0.457 e. The van der Waals surface area contributed by atoms with Gasteiger partial charge in [0.25, 0.3) is 5.91 Å². The Morgan fingerprint density at radius 2 is 1.82 bits per heavy atom. The Kier molecular flexibility index (Phi) is 7.07. The zero-order chi connectivity index (χ0) is 27.4.